The molecule has 16 heavy (non-hydrogen) atoms. The van der Waals surface area contributed by atoms with Gasteiger partial charge in [0.25, 0.3) is 5.24 Å². The van der Waals surface area contributed by atoms with Crippen LogP contribution in [0.15, 0.2) is 18.2 Å². The minimum atomic E-state index is -0.709. The van der Waals surface area contributed by atoms with Crippen LogP contribution in [-0.4, -0.2) is 11.8 Å². The van der Waals surface area contributed by atoms with Gasteiger partial charge in [0.2, 0.25) is 0 Å². The molecule has 0 amide bonds. The van der Waals surface area contributed by atoms with E-state index >= 15 is 0 Å². The second kappa shape index (κ2) is 5.85. The molecule has 0 N–H and O–H groups in total. The zero-order chi connectivity index (χ0) is 12.1. The Labute approximate surface area is 99.4 Å². The molecule has 0 bridgehead atoms. The van der Waals surface area contributed by atoms with Crippen molar-refractivity contribution in [1.29, 1.82) is 0 Å². The molecule has 2 nitrogen and oxygen atoms in total. The fourth-order valence-corrected chi connectivity index (χ4v) is 1.33. The van der Waals surface area contributed by atoms with Gasteiger partial charge in [0.05, 0.1) is 12.2 Å². The lowest BCUT2D eigenvalue weighted by molar-refractivity contribution is 0.107. The van der Waals surface area contributed by atoms with E-state index in [1.54, 1.807) is 0 Å². The Bertz CT molecular complexity index is 377. The van der Waals surface area contributed by atoms with E-state index in [2.05, 4.69) is 13.8 Å². The quantitative estimate of drug-likeness (QED) is 0.740. The van der Waals surface area contributed by atoms with Gasteiger partial charge in [-0.2, -0.15) is 0 Å². The van der Waals surface area contributed by atoms with Crippen LogP contribution in [-0.2, 0) is 0 Å². The van der Waals surface area contributed by atoms with Crippen LogP contribution in [0.5, 0.6) is 5.75 Å². The minimum absolute atomic E-state index is 0.0745. The number of benzene rings is 1. The summed E-state index contributed by atoms with van der Waals surface area (Å²) >= 11 is 5.34. The van der Waals surface area contributed by atoms with E-state index in [9.17, 15) is 9.18 Å². The van der Waals surface area contributed by atoms with Crippen molar-refractivity contribution < 1.29 is 13.9 Å². The summed E-state index contributed by atoms with van der Waals surface area (Å²) in [6, 6.07) is 3.75. The Morgan fingerprint density at radius 2 is 2.19 bits per heavy atom. The highest BCUT2D eigenvalue weighted by atomic mass is 35.5. The Hall–Kier alpha value is -1.09. The SMILES string of the molecule is CC(C)CCOc1ccc(F)cc1C(=O)Cl. The number of carbonyl (C=O) groups excluding carboxylic acids is 1. The topological polar surface area (TPSA) is 26.3 Å². The molecule has 1 aromatic carbocycles. The molecule has 0 aliphatic rings. The molecule has 88 valence electrons. The summed E-state index contributed by atoms with van der Waals surface area (Å²) in [5, 5.41) is -0.709. The highest BCUT2D eigenvalue weighted by Crippen LogP contribution is 2.22. The van der Waals surface area contributed by atoms with Gasteiger partial charge in [0.1, 0.15) is 11.6 Å². The third-order valence-electron chi connectivity index (χ3n) is 2.11. The van der Waals surface area contributed by atoms with Crippen LogP contribution in [0, 0.1) is 11.7 Å². The standard InChI is InChI=1S/C12H14ClFO2/c1-8(2)5-6-16-11-4-3-9(14)7-10(11)12(13)15/h3-4,7-8H,5-6H2,1-2H3. The van der Waals surface area contributed by atoms with E-state index in [1.807, 2.05) is 0 Å². The Balaban J connectivity index is 2.75. The summed E-state index contributed by atoms with van der Waals surface area (Å²) in [6.45, 7) is 4.63. The molecule has 0 radical (unpaired) electrons. The van der Waals surface area contributed by atoms with Crippen molar-refractivity contribution >= 4 is 16.8 Å². The van der Waals surface area contributed by atoms with Crippen molar-refractivity contribution in [3.63, 3.8) is 0 Å². The largest absolute Gasteiger partial charge is 0.493 e. The molecule has 1 rings (SSSR count). The summed E-state index contributed by atoms with van der Waals surface area (Å²) in [5.41, 5.74) is 0.0745. The van der Waals surface area contributed by atoms with E-state index in [0.717, 1.165) is 12.5 Å². The molecule has 0 saturated carbocycles. The highest BCUT2D eigenvalue weighted by molar-refractivity contribution is 6.68. The van der Waals surface area contributed by atoms with E-state index in [0.29, 0.717) is 18.3 Å². The van der Waals surface area contributed by atoms with E-state index < -0.39 is 11.1 Å². The van der Waals surface area contributed by atoms with E-state index in [1.165, 1.54) is 12.1 Å². The maximum Gasteiger partial charge on any atom is 0.256 e. The van der Waals surface area contributed by atoms with Gasteiger partial charge < -0.3 is 4.74 Å². The molecule has 0 unspecified atom stereocenters. The summed E-state index contributed by atoms with van der Waals surface area (Å²) < 4.78 is 18.3. The van der Waals surface area contributed by atoms with Gasteiger partial charge >= 0.3 is 0 Å². The molecule has 0 aliphatic carbocycles. The number of rotatable bonds is 5. The smallest absolute Gasteiger partial charge is 0.256 e. The van der Waals surface area contributed by atoms with Gasteiger partial charge in [-0.3, -0.25) is 4.79 Å². The minimum Gasteiger partial charge on any atom is -0.493 e. The second-order valence-corrected chi connectivity index (χ2v) is 4.29. The fraction of sp³-hybridized carbons (Fsp3) is 0.417. The predicted octanol–water partition coefficient (Wildman–Crippen LogP) is 3.63. The van der Waals surface area contributed by atoms with Gasteiger partial charge in [0, 0.05) is 0 Å². The van der Waals surface area contributed by atoms with Gasteiger partial charge in [-0.05, 0) is 42.1 Å². The lowest BCUT2D eigenvalue weighted by Gasteiger charge is -2.10. The summed E-state index contributed by atoms with van der Waals surface area (Å²) in [7, 11) is 0. The third-order valence-corrected chi connectivity index (χ3v) is 2.31. The zero-order valence-electron chi connectivity index (χ0n) is 9.30. The van der Waals surface area contributed by atoms with Crippen LogP contribution < -0.4 is 4.74 Å². The van der Waals surface area contributed by atoms with Gasteiger partial charge in [-0.1, -0.05) is 13.8 Å². The molecule has 4 heteroatoms. The normalized spacial score (nSPS) is 10.6. The first-order chi connectivity index (χ1) is 7.50. The van der Waals surface area contributed by atoms with Crippen LogP contribution in [0.1, 0.15) is 30.6 Å². The molecule has 0 atom stereocenters. The number of halogens is 2. The van der Waals surface area contributed by atoms with Crippen molar-refractivity contribution in [3.05, 3.63) is 29.6 Å². The first kappa shape index (κ1) is 13.0. The van der Waals surface area contributed by atoms with E-state index in [4.69, 9.17) is 16.3 Å². The van der Waals surface area contributed by atoms with Crippen LogP contribution in [0.4, 0.5) is 4.39 Å². The van der Waals surface area contributed by atoms with E-state index in [-0.39, 0.29) is 5.56 Å². The van der Waals surface area contributed by atoms with Gasteiger partial charge in [0.15, 0.2) is 0 Å². The lowest BCUT2D eigenvalue weighted by Crippen LogP contribution is -2.04. The van der Waals surface area contributed by atoms with Crippen LogP contribution in [0.3, 0.4) is 0 Å². The molecule has 0 saturated heterocycles. The molecule has 0 spiro atoms. The third kappa shape index (κ3) is 3.81. The van der Waals surface area contributed by atoms with Crippen LogP contribution >= 0.6 is 11.6 Å². The molecule has 0 fully saturated rings. The second-order valence-electron chi connectivity index (χ2n) is 3.95. The Morgan fingerprint density at radius 3 is 2.75 bits per heavy atom. The van der Waals surface area contributed by atoms with Crippen molar-refractivity contribution in [2.45, 2.75) is 20.3 Å². The summed E-state index contributed by atoms with van der Waals surface area (Å²) in [6.07, 6.45) is 0.868. The maximum absolute atomic E-state index is 12.9. The van der Waals surface area contributed by atoms with Crippen molar-refractivity contribution in [3.8, 4) is 5.75 Å². The van der Waals surface area contributed by atoms with Crippen molar-refractivity contribution in [1.82, 2.24) is 0 Å². The molecular formula is C12H14ClFO2. The number of hydrogen-bond acceptors (Lipinski definition) is 2. The van der Waals surface area contributed by atoms with Crippen LogP contribution in [0.25, 0.3) is 0 Å². The molecule has 0 heterocycles. The Kier molecular flexibility index (Phi) is 4.74. The van der Waals surface area contributed by atoms with Crippen LogP contribution in [0.2, 0.25) is 0 Å². The summed E-state index contributed by atoms with van der Waals surface area (Å²) in [4.78, 5) is 11.0. The number of hydrogen-bond donors (Lipinski definition) is 0. The van der Waals surface area contributed by atoms with Crippen molar-refractivity contribution in [2.24, 2.45) is 5.92 Å². The number of ether oxygens (including phenoxy) is 1. The first-order valence-electron chi connectivity index (χ1n) is 5.13. The predicted molar refractivity (Wildman–Crippen MR) is 61.5 cm³/mol. The maximum atomic E-state index is 12.9. The van der Waals surface area contributed by atoms with Gasteiger partial charge in [-0.25, -0.2) is 4.39 Å². The molecule has 0 aliphatic heterocycles. The highest BCUT2D eigenvalue weighted by Gasteiger charge is 2.11. The average Bonchev–Trinajstić information content (AvgIpc) is 2.19. The van der Waals surface area contributed by atoms with Gasteiger partial charge in [-0.15, -0.1) is 0 Å². The monoisotopic (exact) mass is 244 g/mol. The zero-order valence-corrected chi connectivity index (χ0v) is 10.1. The number of carbonyl (C=O) groups is 1. The average molecular weight is 245 g/mol. The molecule has 1 aromatic rings. The summed E-state index contributed by atoms with van der Waals surface area (Å²) in [5.74, 6) is 0.345. The molecule has 0 aromatic heterocycles. The van der Waals surface area contributed by atoms with Crippen molar-refractivity contribution in [2.75, 3.05) is 6.61 Å². The Morgan fingerprint density at radius 1 is 1.50 bits per heavy atom. The molecular weight excluding hydrogens is 231 g/mol. The first-order valence-corrected chi connectivity index (χ1v) is 5.50. The fourth-order valence-electron chi connectivity index (χ4n) is 1.19. The lowest BCUT2D eigenvalue weighted by atomic mass is 10.1.